The van der Waals surface area contributed by atoms with Gasteiger partial charge in [0.2, 0.25) is 0 Å². The summed E-state index contributed by atoms with van der Waals surface area (Å²) < 4.78 is 16.4. The molecule has 0 bridgehead atoms. The number of hydrogen-bond donors (Lipinski definition) is 1. The highest BCUT2D eigenvalue weighted by Crippen LogP contribution is 2.41. The van der Waals surface area contributed by atoms with E-state index in [-0.39, 0.29) is 5.91 Å². The number of fused-ring (bicyclic) bond motifs is 1. The van der Waals surface area contributed by atoms with Crippen LogP contribution in [-0.4, -0.2) is 29.2 Å². The number of benzene rings is 1. The quantitative estimate of drug-likeness (QED) is 0.397. The summed E-state index contributed by atoms with van der Waals surface area (Å²) in [5.74, 6) is 1.04. The van der Waals surface area contributed by atoms with Gasteiger partial charge in [0.15, 0.2) is 0 Å². The van der Waals surface area contributed by atoms with Crippen molar-refractivity contribution in [3.63, 3.8) is 0 Å². The van der Waals surface area contributed by atoms with Crippen LogP contribution in [0.2, 0.25) is 0 Å². The summed E-state index contributed by atoms with van der Waals surface area (Å²) in [6.07, 6.45) is 4.50. The van der Waals surface area contributed by atoms with Gasteiger partial charge in [-0.05, 0) is 37.5 Å². The fourth-order valence-electron chi connectivity index (χ4n) is 3.57. The van der Waals surface area contributed by atoms with Gasteiger partial charge in [0.25, 0.3) is 11.6 Å². The second kappa shape index (κ2) is 8.73. The van der Waals surface area contributed by atoms with Crippen molar-refractivity contribution in [3.8, 4) is 11.3 Å². The Bertz CT molecular complexity index is 1160. The van der Waals surface area contributed by atoms with E-state index < -0.39 is 0 Å². The monoisotopic (exact) mass is 417 g/mol. The van der Waals surface area contributed by atoms with Gasteiger partial charge in [-0.2, -0.15) is 0 Å². The molecule has 31 heavy (non-hydrogen) atoms. The Morgan fingerprint density at radius 2 is 2.03 bits per heavy atom. The molecule has 1 saturated carbocycles. The highest BCUT2D eigenvalue weighted by Gasteiger charge is 2.29. The molecule has 1 aromatic carbocycles. The smallest absolute Gasteiger partial charge is 0.259 e. The molecule has 158 valence electrons. The van der Waals surface area contributed by atoms with Crippen molar-refractivity contribution in [2.45, 2.75) is 31.8 Å². The molecule has 1 N–H and O–H groups in total. The molecule has 0 atom stereocenters. The molecule has 0 saturated heterocycles. The lowest BCUT2D eigenvalue weighted by atomic mass is 10.0. The summed E-state index contributed by atoms with van der Waals surface area (Å²) in [4.78, 5) is 17.7. The number of carbonyl (C=O) groups is 1. The molecule has 1 aliphatic rings. The molecule has 3 heterocycles. The molecular weight excluding hydrogens is 394 g/mol. The van der Waals surface area contributed by atoms with Gasteiger partial charge in [0.05, 0.1) is 17.2 Å². The van der Waals surface area contributed by atoms with Gasteiger partial charge in [-0.1, -0.05) is 35.5 Å². The molecule has 0 spiro atoms. The van der Waals surface area contributed by atoms with Crippen LogP contribution in [0.25, 0.3) is 22.4 Å². The van der Waals surface area contributed by atoms with Crippen LogP contribution in [0.5, 0.6) is 0 Å². The first-order valence-corrected chi connectivity index (χ1v) is 10.5. The second-order valence-corrected chi connectivity index (χ2v) is 7.69. The van der Waals surface area contributed by atoms with E-state index in [2.05, 4.69) is 15.5 Å². The number of ether oxygens (including phenoxy) is 1. The van der Waals surface area contributed by atoms with Crippen molar-refractivity contribution in [3.05, 3.63) is 71.8 Å². The lowest BCUT2D eigenvalue weighted by molar-refractivity contribution is 0.0918. The van der Waals surface area contributed by atoms with E-state index in [1.165, 1.54) is 0 Å². The molecule has 1 amide bonds. The summed E-state index contributed by atoms with van der Waals surface area (Å²) in [6.45, 7) is 1.46. The fraction of sp³-hybridized carbons (Fsp3) is 0.292. The van der Waals surface area contributed by atoms with Gasteiger partial charge in [-0.25, -0.2) is 4.98 Å². The number of carbonyl (C=O) groups excluding carboxylic acids is 1. The van der Waals surface area contributed by atoms with Crippen molar-refractivity contribution in [2.24, 2.45) is 0 Å². The minimum atomic E-state index is -0.152. The van der Waals surface area contributed by atoms with Crippen molar-refractivity contribution in [1.82, 2.24) is 15.5 Å². The third-order valence-corrected chi connectivity index (χ3v) is 5.33. The minimum Gasteiger partial charge on any atom is -0.467 e. The number of pyridine rings is 1. The molecule has 0 radical (unpaired) electrons. The normalized spacial score (nSPS) is 13.5. The number of nitrogens with zero attached hydrogens (tertiary/aromatic N) is 2. The van der Waals surface area contributed by atoms with E-state index in [0.717, 1.165) is 29.9 Å². The van der Waals surface area contributed by atoms with Crippen LogP contribution in [0.4, 0.5) is 0 Å². The highest BCUT2D eigenvalue weighted by atomic mass is 16.5. The lowest BCUT2D eigenvalue weighted by Gasteiger charge is -2.09. The Balaban J connectivity index is 1.31. The Kier molecular flexibility index (Phi) is 5.50. The molecule has 0 unspecified atom stereocenters. The third kappa shape index (κ3) is 4.36. The average molecular weight is 417 g/mol. The Morgan fingerprint density at radius 3 is 2.81 bits per heavy atom. The van der Waals surface area contributed by atoms with Gasteiger partial charge in [-0.15, -0.1) is 0 Å². The first kappa shape index (κ1) is 19.5. The van der Waals surface area contributed by atoms with E-state index in [9.17, 15) is 4.79 Å². The van der Waals surface area contributed by atoms with Crippen LogP contribution < -0.4 is 5.32 Å². The standard InChI is InChI=1S/C24H23N3O4/c28-23(25-11-5-12-29-15-18-8-4-13-30-18)19-14-20(16-9-10-16)26-24-21(19)22(27-31-24)17-6-2-1-3-7-17/h1-4,6-8,13-14,16H,5,9-12,15H2,(H,25,28). The number of furan rings is 1. The molecule has 1 fully saturated rings. The number of rotatable bonds is 9. The fourth-order valence-corrected chi connectivity index (χ4v) is 3.57. The summed E-state index contributed by atoms with van der Waals surface area (Å²) >= 11 is 0. The summed E-state index contributed by atoms with van der Waals surface area (Å²) in [5.41, 5.74) is 3.40. The Labute approximate surface area is 179 Å². The van der Waals surface area contributed by atoms with Crippen molar-refractivity contribution >= 4 is 17.0 Å². The molecule has 7 heteroatoms. The number of hydrogen-bond acceptors (Lipinski definition) is 6. The zero-order chi connectivity index (χ0) is 21.0. The first-order valence-electron chi connectivity index (χ1n) is 10.5. The number of nitrogens with one attached hydrogen (secondary N) is 1. The largest absolute Gasteiger partial charge is 0.467 e. The van der Waals surface area contributed by atoms with Crippen molar-refractivity contribution in [2.75, 3.05) is 13.2 Å². The topological polar surface area (TPSA) is 90.4 Å². The van der Waals surface area contributed by atoms with Crippen molar-refractivity contribution < 1.29 is 18.5 Å². The molecular formula is C24H23N3O4. The van der Waals surface area contributed by atoms with Crippen LogP contribution in [0.3, 0.4) is 0 Å². The average Bonchev–Trinajstić information content (AvgIpc) is 3.36. The second-order valence-electron chi connectivity index (χ2n) is 7.69. The van der Waals surface area contributed by atoms with Crippen LogP contribution in [0.15, 0.2) is 63.7 Å². The maximum Gasteiger partial charge on any atom is 0.259 e. The molecule has 5 rings (SSSR count). The van der Waals surface area contributed by atoms with Crippen LogP contribution in [0.1, 0.15) is 47.0 Å². The highest BCUT2D eigenvalue weighted by molar-refractivity contribution is 6.09. The molecule has 0 aliphatic heterocycles. The van der Waals surface area contributed by atoms with Gasteiger partial charge in [0.1, 0.15) is 18.1 Å². The summed E-state index contributed by atoms with van der Waals surface area (Å²) in [5, 5.41) is 7.88. The molecule has 7 nitrogen and oxygen atoms in total. The van der Waals surface area contributed by atoms with E-state index in [0.29, 0.717) is 54.5 Å². The van der Waals surface area contributed by atoms with E-state index in [1.54, 1.807) is 6.26 Å². The van der Waals surface area contributed by atoms with E-state index in [1.807, 2.05) is 48.5 Å². The van der Waals surface area contributed by atoms with Gasteiger partial charge in [-0.3, -0.25) is 4.79 Å². The van der Waals surface area contributed by atoms with Crippen LogP contribution >= 0.6 is 0 Å². The summed E-state index contributed by atoms with van der Waals surface area (Å²) in [6, 6.07) is 15.3. The van der Waals surface area contributed by atoms with Crippen molar-refractivity contribution in [1.29, 1.82) is 0 Å². The number of aromatic nitrogens is 2. The van der Waals surface area contributed by atoms with Gasteiger partial charge < -0.3 is 19.0 Å². The minimum absolute atomic E-state index is 0.152. The number of amides is 1. The first-order chi connectivity index (χ1) is 15.3. The van der Waals surface area contributed by atoms with Gasteiger partial charge in [0, 0.05) is 30.3 Å². The zero-order valence-corrected chi connectivity index (χ0v) is 17.0. The molecule has 4 aromatic rings. The maximum absolute atomic E-state index is 13.1. The predicted molar refractivity (Wildman–Crippen MR) is 115 cm³/mol. The Hall–Kier alpha value is -3.45. The Morgan fingerprint density at radius 1 is 1.16 bits per heavy atom. The molecule has 3 aromatic heterocycles. The van der Waals surface area contributed by atoms with Crippen LogP contribution in [-0.2, 0) is 11.3 Å². The van der Waals surface area contributed by atoms with Gasteiger partial charge >= 0.3 is 0 Å². The third-order valence-electron chi connectivity index (χ3n) is 5.33. The summed E-state index contributed by atoms with van der Waals surface area (Å²) in [7, 11) is 0. The maximum atomic E-state index is 13.1. The predicted octanol–water partition coefficient (Wildman–Crippen LogP) is 4.70. The van der Waals surface area contributed by atoms with Crippen LogP contribution in [0, 0.1) is 0 Å². The SMILES string of the molecule is O=C(NCCCOCc1ccco1)c1cc(C2CC2)nc2onc(-c3ccccc3)c12. The lowest BCUT2D eigenvalue weighted by Crippen LogP contribution is -2.25. The van der Waals surface area contributed by atoms with E-state index >= 15 is 0 Å². The van der Waals surface area contributed by atoms with E-state index in [4.69, 9.17) is 13.7 Å². The molecule has 1 aliphatic carbocycles. The zero-order valence-electron chi connectivity index (χ0n) is 17.0.